The lowest BCUT2D eigenvalue weighted by Crippen LogP contribution is -2.00. The van der Waals surface area contributed by atoms with Crippen LogP contribution in [0.2, 0.25) is 0 Å². The predicted molar refractivity (Wildman–Crippen MR) is 79.0 cm³/mol. The van der Waals surface area contributed by atoms with Gasteiger partial charge in [0.2, 0.25) is 5.78 Å². The van der Waals surface area contributed by atoms with E-state index in [0.717, 1.165) is 0 Å². The van der Waals surface area contributed by atoms with Crippen molar-refractivity contribution in [2.75, 3.05) is 7.11 Å². The Labute approximate surface area is 122 Å². The van der Waals surface area contributed by atoms with E-state index in [1.165, 1.54) is 0 Å². The maximum atomic E-state index is 12.1. The fraction of sp³-hybridized carbons (Fsp3) is 0.0625. The lowest BCUT2D eigenvalue weighted by atomic mass is 10.1. The third kappa shape index (κ3) is 3.76. The maximum Gasteiger partial charge on any atom is 0.216 e. The summed E-state index contributed by atoms with van der Waals surface area (Å²) in [5.74, 6) is 0.308. The third-order valence-corrected chi connectivity index (χ3v) is 2.74. The van der Waals surface area contributed by atoms with Gasteiger partial charge < -0.3 is 9.84 Å². The van der Waals surface area contributed by atoms with Crippen molar-refractivity contribution in [2.24, 2.45) is 10.2 Å². The van der Waals surface area contributed by atoms with E-state index in [1.807, 2.05) is 0 Å². The Hall–Kier alpha value is -2.95. The van der Waals surface area contributed by atoms with Gasteiger partial charge in [0.05, 0.1) is 12.8 Å². The summed E-state index contributed by atoms with van der Waals surface area (Å²) in [6.07, 6.45) is 0.655. The number of hydrogen-bond acceptors (Lipinski definition) is 5. The van der Waals surface area contributed by atoms with E-state index in [2.05, 4.69) is 10.2 Å². The minimum absolute atomic E-state index is 0.128. The quantitative estimate of drug-likeness (QED) is 0.389. The average Bonchev–Trinajstić information content (AvgIpc) is 2.56. The second-order valence-electron chi connectivity index (χ2n) is 4.11. The highest BCUT2D eigenvalue weighted by molar-refractivity contribution is 6.08. The molecular weight excluding hydrogens is 268 g/mol. The summed E-state index contributed by atoms with van der Waals surface area (Å²) in [4.78, 5) is 12.1. The van der Waals surface area contributed by atoms with Crippen LogP contribution < -0.4 is 4.74 Å². The zero-order chi connectivity index (χ0) is 15.1. The van der Waals surface area contributed by atoms with E-state index < -0.39 is 5.78 Å². The first kappa shape index (κ1) is 14.5. The number of nitrogens with zero attached hydrogens (tertiary/aromatic N) is 2. The van der Waals surface area contributed by atoms with E-state index >= 15 is 0 Å². The molecule has 0 saturated carbocycles. The van der Waals surface area contributed by atoms with Crippen molar-refractivity contribution in [3.8, 4) is 5.75 Å². The second-order valence-corrected chi connectivity index (χ2v) is 4.11. The number of allylic oxidation sites excluding steroid dienone is 1. The second kappa shape index (κ2) is 7.00. The van der Waals surface area contributed by atoms with E-state index in [0.29, 0.717) is 23.3 Å². The number of carbonyl (C=O) groups excluding carboxylic acids is 1. The fourth-order valence-corrected chi connectivity index (χ4v) is 1.63. The van der Waals surface area contributed by atoms with Gasteiger partial charge in [0.1, 0.15) is 12.0 Å². The van der Waals surface area contributed by atoms with Gasteiger partial charge >= 0.3 is 0 Å². The highest BCUT2D eigenvalue weighted by Gasteiger charge is 2.11. The molecule has 0 bridgehead atoms. The number of benzene rings is 2. The van der Waals surface area contributed by atoms with Crippen LogP contribution in [0.25, 0.3) is 0 Å². The van der Waals surface area contributed by atoms with Crippen LogP contribution in [0.3, 0.4) is 0 Å². The molecule has 0 spiro atoms. The normalized spacial score (nSPS) is 11.6. The van der Waals surface area contributed by atoms with Crippen LogP contribution >= 0.6 is 0 Å². The molecule has 0 aliphatic heterocycles. The first-order valence-corrected chi connectivity index (χ1v) is 6.24. The molecule has 0 saturated heterocycles. The Morgan fingerprint density at radius 3 is 2.33 bits per heavy atom. The van der Waals surface area contributed by atoms with Gasteiger partial charge in [-0.1, -0.05) is 30.3 Å². The SMILES string of the molecule is COc1ccc(N=N/C(=C/O)C(=O)c2ccccc2)cc1. The van der Waals surface area contributed by atoms with Gasteiger partial charge in [0.15, 0.2) is 5.70 Å². The molecule has 0 amide bonds. The molecule has 0 heterocycles. The van der Waals surface area contributed by atoms with Crippen LogP contribution in [0.5, 0.6) is 5.75 Å². The number of hydrogen-bond donors (Lipinski definition) is 1. The minimum Gasteiger partial charge on any atom is -0.513 e. The molecule has 0 fully saturated rings. The van der Waals surface area contributed by atoms with Crippen LogP contribution in [-0.4, -0.2) is 18.0 Å². The Morgan fingerprint density at radius 2 is 1.76 bits per heavy atom. The largest absolute Gasteiger partial charge is 0.513 e. The zero-order valence-electron chi connectivity index (χ0n) is 11.4. The first-order chi connectivity index (χ1) is 10.2. The topological polar surface area (TPSA) is 71.2 Å². The number of Topliss-reactive ketones (excluding diaryl/α,β-unsaturated/α-hetero) is 1. The van der Waals surface area contributed by atoms with Crippen molar-refractivity contribution in [1.29, 1.82) is 0 Å². The van der Waals surface area contributed by atoms with Crippen molar-refractivity contribution < 1.29 is 14.6 Å². The van der Waals surface area contributed by atoms with Gasteiger partial charge in [0.25, 0.3) is 0 Å². The summed E-state index contributed by atoms with van der Waals surface area (Å²) < 4.78 is 5.03. The maximum absolute atomic E-state index is 12.1. The molecule has 5 nitrogen and oxygen atoms in total. The lowest BCUT2D eigenvalue weighted by Gasteiger charge is -2.00. The van der Waals surface area contributed by atoms with Gasteiger partial charge in [0, 0.05) is 5.56 Å². The van der Waals surface area contributed by atoms with Crippen molar-refractivity contribution >= 4 is 11.5 Å². The van der Waals surface area contributed by atoms with Gasteiger partial charge in [-0.05, 0) is 24.3 Å². The van der Waals surface area contributed by atoms with E-state index in [9.17, 15) is 4.79 Å². The summed E-state index contributed by atoms with van der Waals surface area (Å²) in [5, 5.41) is 16.9. The lowest BCUT2D eigenvalue weighted by molar-refractivity contribution is 0.102. The molecule has 0 radical (unpaired) electrons. The number of ketones is 1. The number of methoxy groups -OCH3 is 1. The Bertz CT molecular complexity index is 662. The number of aliphatic hydroxyl groups excluding tert-OH is 1. The van der Waals surface area contributed by atoms with E-state index in [4.69, 9.17) is 9.84 Å². The standard InChI is InChI=1S/C16H14N2O3/c1-21-14-9-7-13(8-10-14)17-18-15(11-19)16(20)12-5-3-2-4-6-12/h2-11,19H,1H3/b15-11+,18-17?. The highest BCUT2D eigenvalue weighted by atomic mass is 16.5. The van der Waals surface area contributed by atoms with Gasteiger partial charge in [-0.3, -0.25) is 4.79 Å². The number of carbonyl (C=O) groups is 1. The van der Waals surface area contributed by atoms with Gasteiger partial charge in [-0.15, -0.1) is 5.11 Å². The molecular formula is C16H14N2O3. The molecule has 21 heavy (non-hydrogen) atoms. The van der Waals surface area contributed by atoms with E-state index in [1.54, 1.807) is 61.7 Å². The molecule has 5 heteroatoms. The predicted octanol–water partition coefficient (Wildman–Crippen LogP) is 4.06. The summed E-state index contributed by atoms with van der Waals surface area (Å²) in [5.41, 5.74) is 0.861. The Kier molecular flexibility index (Phi) is 4.82. The Balaban J connectivity index is 2.15. The average molecular weight is 282 g/mol. The van der Waals surface area contributed by atoms with Crippen LogP contribution in [-0.2, 0) is 0 Å². The summed E-state index contributed by atoms with van der Waals surface area (Å²) in [6.45, 7) is 0. The van der Waals surface area contributed by atoms with Crippen LogP contribution in [0.15, 0.2) is 76.8 Å². The number of rotatable bonds is 5. The van der Waals surface area contributed by atoms with Crippen molar-refractivity contribution in [3.05, 3.63) is 72.1 Å². The highest BCUT2D eigenvalue weighted by Crippen LogP contribution is 2.19. The van der Waals surface area contributed by atoms with Crippen molar-refractivity contribution in [1.82, 2.24) is 0 Å². The van der Waals surface area contributed by atoms with Gasteiger partial charge in [-0.25, -0.2) is 0 Å². The summed E-state index contributed by atoms with van der Waals surface area (Å²) >= 11 is 0. The smallest absolute Gasteiger partial charge is 0.216 e. The van der Waals surface area contributed by atoms with Gasteiger partial charge in [-0.2, -0.15) is 5.11 Å². The monoisotopic (exact) mass is 282 g/mol. The molecule has 2 aromatic carbocycles. The summed E-state index contributed by atoms with van der Waals surface area (Å²) in [7, 11) is 1.57. The number of aliphatic hydroxyl groups is 1. The molecule has 106 valence electrons. The van der Waals surface area contributed by atoms with Crippen molar-refractivity contribution in [2.45, 2.75) is 0 Å². The first-order valence-electron chi connectivity index (χ1n) is 6.24. The zero-order valence-corrected chi connectivity index (χ0v) is 11.4. The number of ether oxygens (including phenoxy) is 1. The molecule has 0 atom stereocenters. The third-order valence-electron chi connectivity index (χ3n) is 2.74. The van der Waals surface area contributed by atoms with E-state index in [-0.39, 0.29) is 5.70 Å². The molecule has 0 aromatic heterocycles. The van der Waals surface area contributed by atoms with Crippen LogP contribution in [0, 0.1) is 0 Å². The van der Waals surface area contributed by atoms with Crippen molar-refractivity contribution in [3.63, 3.8) is 0 Å². The molecule has 0 unspecified atom stereocenters. The number of azo groups is 1. The Morgan fingerprint density at radius 1 is 1.10 bits per heavy atom. The summed E-state index contributed by atoms with van der Waals surface area (Å²) in [6, 6.07) is 15.4. The molecule has 0 aliphatic rings. The molecule has 0 aliphatic carbocycles. The van der Waals surface area contributed by atoms with Crippen LogP contribution in [0.1, 0.15) is 10.4 Å². The minimum atomic E-state index is -0.393. The molecule has 1 N–H and O–H groups in total. The molecule has 2 rings (SSSR count). The molecule has 2 aromatic rings. The van der Waals surface area contributed by atoms with Crippen LogP contribution in [0.4, 0.5) is 5.69 Å². The fourth-order valence-electron chi connectivity index (χ4n) is 1.63.